The van der Waals surface area contributed by atoms with Crippen molar-refractivity contribution >= 4 is 5.91 Å². The molecule has 18 heavy (non-hydrogen) atoms. The lowest BCUT2D eigenvalue weighted by Crippen LogP contribution is -2.50. The van der Waals surface area contributed by atoms with Gasteiger partial charge in [0.25, 0.3) is 0 Å². The van der Waals surface area contributed by atoms with E-state index in [1.807, 2.05) is 6.92 Å². The molecular weight excluding hydrogens is 230 g/mol. The number of amides is 1. The van der Waals surface area contributed by atoms with Crippen molar-refractivity contribution in [3.63, 3.8) is 0 Å². The van der Waals surface area contributed by atoms with Crippen LogP contribution in [-0.2, 0) is 9.53 Å². The Kier molecular flexibility index (Phi) is 6.05. The Bertz CT molecular complexity index is 267. The van der Waals surface area contributed by atoms with Gasteiger partial charge in [-0.1, -0.05) is 0 Å². The lowest BCUT2D eigenvalue weighted by molar-refractivity contribution is -0.121. The summed E-state index contributed by atoms with van der Waals surface area (Å²) in [5.74, 6) is 0.0971. The fourth-order valence-corrected chi connectivity index (χ4v) is 2.11. The Labute approximate surface area is 110 Å². The van der Waals surface area contributed by atoms with E-state index < -0.39 is 0 Å². The maximum Gasteiger partial charge on any atom is 0.220 e. The zero-order valence-electron chi connectivity index (χ0n) is 11.9. The highest BCUT2D eigenvalue weighted by molar-refractivity contribution is 5.75. The van der Waals surface area contributed by atoms with Crippen molar-refractivity contribution in [3.8, 4) is 0 Å². The number of carbonyl (C=O) groups is 1. The summed E-state index contributed by atoms with van der Waals surface area (Å²) in [6, 6.07) is 0.0933. The number of nitrogens with one attached hydrogen (secondary N) is 1. The third-order valence-corrected chi connectivity index (χ3v) is 3.08. The minimum atomic E-state index is -0.0722. The molecule has 1 rings (SSSR count). The van der Waals surface area contributed by atoms with Crippen molar-refractivity contribution < 1.29 is 9.53 Å². The SMILES string of the molecule is CC(N)CCC(=O)NCCN1CCOC(C)(C)C1. The van der Waals surface area contributed by atoms with E-state index in [2.05, 4.69) is 24.1 Å². The van der Waals surface area contributed by atoms with Gasteiger partial charge in [0.05, 0.1) is 12.2 Å². The van der Waals surface area contributed by atoms with Crippen molar-refractivity contribution in [2.24, 2.45) is 5.73 Å². The molecular formula is C13H27N3O2. The Balaban J connectivity index is 2.12. The summed E-state index contributed by atoms with van der Waals surface area (Å²) in [4.78, 5) is 13.8. The summed E-state index contributed by atoms with van der Waals surface area (Å²) in [6.07, 6.45) is 1.27. The first-order valence-electron chi connectivity index (χ1n) is 6.78. The maximum atomic E-state index is 11.5. The Morgan fingerprint density at radius 1 is 1.56 bits per heavy atom. The second-order valence-electron chi connectivity index (χ2n) is 5.75. The molecule has 1 fully saturated rings. The molecule has 5 nitrogen and oxygen atoms in total. The third-order valence-electron chi connectivity index (χ3n) is 3.08. The molecule has 0 aliphatic carbocycles. The first-order chi connectivity index (χ1) is 8.39. The number of hydrogen-bond acceptors (Lipinski definition) is 4. The van der Waals surface area contributed by atoms with Crippen molar-refractivity contribution in [2.75, 3.05) is 32.8 Å². The predicted octanol–water partition coefficient (Wildman–Crippen LogP) is 0.341. The highest BCUT2D eigenvalue weighted by Crippen LogP contribution is 2.15. The van der Waals surface area contributed by atoms with Gasteiger partial charge in [0.2, 0.25) is 5.91 Å². The number of ether oxygens (including phenoxy) is 1. The summed E-state index contributed by atoms with van der Waals surface area (Å²) in [7, 11) is 0. The molecule has 0 aromatic carbocycles. The first kappa shape index (κ1) is 15.4. The molecule has 1 aliphatic heterocycles. The summed E-state index contributed by atoms with van der Waals surface area (Å²) in [5.41, 5.74) is 5.54. The van der Waals surface area contributed by atoms with Crippen LogP contribution in [0.4, 0.5) is 0 Å². The van der Waals surface area contributed by atoms with Crippen LogP contribution in [0.25, 0.3) is 0 Å². The van der Waals surface area contributed by atoms with Crippen LogP contribution >= 0.6 is 0 Å². The third kappa shape index (κ3) is 6.33. The summed E-state index contributed by atoms with van der Waals surface area (Å²) in [6.45, 7) is 10.3. The molecule has 0 aromatic rings. The Morgan fingerprint density at radius 3 is 2.89 bits per heavy atom. The van der Waals surface area contributed by atoms with Crippen LogP contribution in [0.15, 0.2) is 0 Å². The lowest BCUT2D eigenvalue weighted by Gasteiger charge is -2.38. The fraction of sp³-hybridized carbons (Fsp3) is 0.923. The number of morpholine rings is 1. The molecule has 0 bridgehead atoms. The largest absolute Gasteiger partial charge is 0.373 e. The second kappa shape index (κ2) is 7.07. The van der Waals surface area contributed by atoms with Gasteiger partial charge in [-0.15, -0.1) is 0 Å². The minimum absolute atomic E-state index is 0.0722. The van der Waals surface area contributed by atoms with Gasteiger partial charge in [0.15, 0.2) is 0 Å². The quantitative estimate of drug-likeness (QED) is 0.720. The number of nitrogens with zero attached hydrogens (tertiary/aromatic N) is 1. The normalized spacial score (nSPS) is 21.6. The Morgan fingerprint density at radius 2 is 2.28 bits per heavy atom. The van der Waals surface area contributed by atoms with E-state index >= 15 is 0 Å². The van der Waals surface area contributed by atoms with Crippen LogP contribution in [0.2, 0.25) is 0 Å². The fourth-order valence-electron chi connectivity index (χ4n) is 2.11. The lowest BCUT2D eigenvalue weighted by atomic mass is 10.1. The van der Waals surface area contributed by atoms with Gasteiger partial charge in [-0.05, 0) is 27.2 Å². The molecule has 0 aromatic heterocycles. The van der Waals surface area contributed by atoms with E-state index in [1.54, 1.807) is 0 Å². The van der Waals surface area contributed by atoms with E-state index in [0.29, 0.717) is 13.0 Å². The monoisotopic (exact) mass is 257 g/mol. The van der Waals surface area contributed by atoms with Crippen molar-refractivity contribution in [1.29, 1.82) is 0 Å². The number of rotatable bonds is 6. The van der Waals surface area contributed by atoms with E-state index in [1.165, 1.54) is 0 Å². The van der Waals surface area contributed by atoms with Crippen LogP contribution in [0, 0.1) is 0 Å². The average molecular weight is 257 g/mol. The average Bonchev–Trinajstić information content (AvgIpc) is 2.25. The number of hydrogen-bond donors (Lipinski definition) is 2. The van der Waals surface area contributed by atoms with Crippen LogP contribution < -0.4 is 11.1 Å². The maximum absolute atomic E-state index is 11.5. The van der Waals surface area contributed by atoms with Gasteiger partial charge in [0, 0.05) is 38.6 Å². The van der Waals surface area contributed by atoms with Crippen LogP contribution in [0.3, 0.4) is 0 Å². The van der Waals surface area contributed by atoms with Crippen LogP contribution in [0.1, 0.15) is 33.6 Å². The minimum Gasteiger partial charge on any atom is -0.373 e. The molecule has 1 unspecified atom stereocenters. The number of nitrogens with two attached hydrogens (primary N) is 1. The topological polar surface area (TPSA) is 67.6 Å². The molecule has 0 spiro atoms. The standard InChI is InChI=1S/C13H27N3O2/c1-11(14)4-5-12(17)15-6-7-16-8-9-18-13(2,3)10-16/h11H,4-10,14H2,1-3H3,(H,15,17). The molecule has 0 saturated carbocycles. The van der Waals surface area contributed by atoms with E-state index in [0.717, 1.165) is 32.7 Å². The zero-order chi connectivity index (χ0) is 13.6. The molecule has 106 valence electrons. The van der Waals surface area contributed by atoms with Gasteiger partial charge >= 0.3 is 0 Å². The molecule has 1 amide bonds. The first-order valence-corrected chi connectivity index (χ1v) is 6.78. The van der Waals surface area contributed by atoms with E-state index in [4.69, 9.17) is 10.5 Å². The highest BCUT2D eigenvalue weighted by Gasteiger charge is 2.26. The van der Waals surface area contributed by atoms with Crippen LogP contribution in [-0.4, -0.2) is 55.2 Å². The summed E-state index contributed by atoms with van der Waals surface area (Å²) < 4.78 is 5.64. The smallest absolute Gasteiger partial charge is 0.220 e. The van der Waals surface area contributed by atoms with Crippen molar-refractivity contribution in [3.05, 3.63) is 0 Å². The Hall–Kier alpha value is -0.650. The van der Waals surface area contributed by atoms with Gasteiger partial charge in [0.1, 0.15) is 0 Å². The summed E-state index contributed by atoms with van der Waals surface area (Å²) >= 11 is 0. The van der Waals surface area contributed by atoms with E-state index in [-0.39, 0.29) is 17.6 Å². The predicted molar refractivity (Wildman–Crippen MR) is 72.4 cm³/mol. The van der Waals surface area contributed by atoms with E-state index in [9.17, 15) is 4.79 Å². The van der Waals surface area contributed by atoms with Crippen molar-refractivity contribution in [2.45, 2.75) is 45.3 Å². The molecule has 1 saturated heterocycles. The highest BCUT2D eigenvalue weighted by atomic mass is 16.5. The molecule has 5 heteroatoms. The summed E-state index contributed by atoms with van der Waals surface area (Å²) in [5, 5.41) is 2.94. The second-order valence-corrected chi connectivity index (χ2v) is 5.75. The molecule has 3 N–H and O–H groups in total. The van der Waals surface area contributed by atoms with Crippen molar-refractivity contribution in [1.82, 2.24) is 10.2 Å². The molecule has 1 atom stereocenters. The molecule has 1 heterocycles. The molecule has 0 radical (unpaired) electrons. The van der Waals surface area contributed by atoms with Crippen LogP contribution in [0.5, 0.6) is 0 Å². The zero-order valence-corrected chi connectivity index (χ0v) is 11.9. The van der Waals surface area contributed by atoms with Gasteiger partial charge < -0.3 is 15.8 Å². The number of carbonyl (C=O) groups excluding carboxylic acids is 1. The van der Waals surface area contributed by atoms with Gasteiger partial charge in [-0.3, -0.25) is 9.69 Å². The van der Waals surface area contributed by atoms with Gasteiger partial charge in [-0.25, -0.2) is 0 Å². The molecule has 1 aliphatic rings. The van der Waals surface area contributed by atoms with Gasteiger partial charge in [-0.2, -0.15) is 0 Å².